The quantitative estimate of drug-likeness (QED) is 0.315. The summed E-state index contributed by atoms with van der Waals surface area (Å²) in [6, 6.07) is 28.9. The normalized spacial score (nSPS) is 11.2. The van der Waals surface area contributed by atoms with E-state index in [-0.39, 0.29) is 5.91 Å². The van der Waals surface area contributed by atoms with E-state index in [1.54, 1.807) is 29.7 Å². The molecule has 0 aliphatic carbocycles. The van der Waals surface area contributed by atoms with Gasteiger partial charge in [0.15, 0.2) is 5.76 Å². The highest BCUT2D eigenvalue weighted by molar-refractivity contribution is 7.21. The molecule has 0 spiro atoms. The molecule has 3 aromatic heterocycles. The van der Waals surface area contributed by atoms with Crippen molar-refractivity contribution in [1.29, 1.82) is 0 Å². The largest absolute Gasteiger partial charge is 0.463 e. The molecule has 3 heterocycles. The average Bonchev–Trinajstić information content (AvgIpc) is 3.54. The van der Waals surface area contributed by atoms with Gasteiger partial charge in [0, 0.05) is 16.6 Å². The first-order chi connectivity index (χ1) is 16.2. The van der Waals surface area contributed by atoms with Crippen molar-refractivity contribution in [3.8, 4) is 22.0 Å². The van der Waals surface area contributed by atoms with Crippen molar-refractivity contribution in [3.63, 3.8) is 0 Å². The number of thiazole rings is 1. The molecule has 0 aliphatic rings. The van der Waals surface area contributed by atoms with Crippen molar-refractivity contribution >= 4 is 44.1 Å². The van der Waals surface area contributed by atoms with E-state index in [0.29, 0.717) is 22.7 Å². The van der Waals surface area contributed by atoms with Crippen LogP contribution in [0, 0.1) is 0 Å². The van der Waals surface area contributed by atoms with Crippen LogP contribution in [0.3, 0.4) is 0 Å². The van der Waals surface area contributed by atoms with E-state index in [2.05, 4.69) is 16.4 Å². The van der Waals surface area contributed by atoms with Crippen LogP contribution in [0.1, 0.15) is 10.4 Å². The van der Waals surface area contributed by atoms with E-state index in [4.69, 9.17) is 9.40 Å². The summed E-state index contributed by atoms with van der Waals surface area (Å²) in [7, 11) is 0. The zero-order chi connectivity index (χ0) is 22.2. The number of nitrogens with zero attached hydrogens (tertiary/aromatic N) is 2. The van der Waals surface area contributed by atoms with Crippen LogP contribution >= 0.6 is 11.3 Å². The first-order valence-electron chi connectivity index (χ1n) is 10.5. The van der Waals surface area contributed by atoms with E-state index in [1.807, 2.05) is 72.8 Å². The Bertz CT molecular complexity index is 1570. The first kappa shape index (κ1) is 19.4. The monoisotopic (exact) mass is 447 g/mol. The maximum Gasteiger partial charge on any atom is 0.256 e. The van der Waals surface area contributed by atoms with Gasteiger partial charge in [0.1, 0.15) is 10.7 Å². The van der Waals surface area contributed by atoms with Crippen molar-refractivity contribution in [2.75, 3.05) is 5.32 Å². The minimum absolute atomic E-state index is 0.200. The highest BCUT2D eigenvalue weighted by atomic mass is 32.1. The van der Waals surface area contributed by atoms with Gasteiger partial charge in [0.25, 0.3) is 5.91 Å². The van der Waals surface area contributed by atoms with Crippen molar-refractivity contribution in [1.82, 2.24) is 9.97 Å². The Labute approximate surface area is 193 Å². The number of para-hydroxylation sites is 2. The smallest absolute Gasteiger partial charge is 0.256 e. The molecule has 0 saturated heterocycles. The third-order valence-electron chi connectivity index (χ3n) is 5.42. The van der Waals surface area contributed by atoms with Crippen LogP contribution in [0.15, 0.2) is 102 Å². The summed E-state index contributed by atoms with van der Waals surface area (Å²) in [6.45, 7) is 0. The van der Waals surface area contributed by atoms with Gasteiger partial charge >= 0.3 is 0 Å². The molecule has 6 rings (SSSR count). The summed E-state index contributed by atoms with van der Waals surface area (Å²) in [4.78, 5) is 22.6. The topological polar surface area (TPSA) is 68.0 Å². The Morgan fingerprint density at radius 2 is 1.61 bits per heavy atom. The van der Waals surface area contributed by atoms with Crippen molar-refractivity contribution < 1.29 is 9.21 Å². The standard InChI is InChI=1S/C27H17N3O2S/c31-26(20-16-23(24-9-5-15-32-24)29-21-7-2-1-6-19(20)21)28-18-13-11-17(12-14-18)27-30-22-8-3-4-10-25(22)33-27/h1-16H,(H,28,31). The van der Waals surface area contributed by atoms with Crippen LogP contribution in [-0.4, -0.2) is 15.9 Å². The maximum absolute atomic E-state index is 13.2. The lowest BCUT2D eigenvalue weighted by Gasteiger charge is -2.10. The van der Waals surface area contributed by atoms with Crippen LogP contribution in [0.5, 0.6) is 0 Å². The number of carbonyl (C=O) groups is 1. The molecule has 6 aromatic rings. The molecule has 158 valence electrons. The van der Waals surface area contributed by atoms with Crippen LogP contribution < -0.4 is 5.32 Å². The Morgan fingerprint density at radius 1 is 0.818 bits per heavy atom. The molecule has 0 saturated carbocycles. The molecule has 1 N–H and O–H groups in total. The maximum atomic E-state index is 13.2. The zero-order valence-corrected chi connectivity index (χ0v) is 18.2. The van der Waals surface area contributed by atoms with Gasteiger partial charge in [0.2, 0.25) is 0 Å². The van der Waals surface area contributed by atoms with Crippen LogP contribution in [0.4, 0.5) is 5.69 Å². The van der Waals surface area contributed by atoms with Crippen molar-refractivity contribution in [2.24, 2.45) is 0 Å². The fraction of sp³-hybridized carbons (Fsp3) is 0. The molecule has 0 fully saturated rings. The highest BCUT2D eigenvalue weighted by Gasteiger charge is 2.15. The number of hydrogen-bond donors (Lipinski definition) is 1. The van der Waals surface area contributed by atoms with Crippen LogP contribution in [-0.2, 0) is 0 Å². The molecule has 0 unspecified atom stereocenters. The number of rotatable bonds is 4. The molecule has 33 heavy (non-hydrogen) atoms. The number of nitrogens with one attached hydrogen (secondary N) is 1. The second-order valence-corrected chi connectivity index (χ2v) is 8.60. The lowest BCUT2D eigenvalue weighted by atomic mass is 10.1. The number of furan rings is 1. The van der Waals surface area contributed by atoms with Gasteiger partial charge in [-0.15, -0.1) is 11.3 Å². The second kappa shape index (κ2) is 8.00. The van der Waals surface area contributed by atoms with E-state index < -0.39 is 0 Å². The van der Waals surface area contributed by atoms with E-state index >= 15 is 0 Å². The summed E-state index contributed by atoms with van der Waals surface area (Å²) in [6.07, 6.45) is 1.60. The van der Waals surface area contributed by atoms with E-state index in [0.717, 1.165) is 31.7 Å². The summed E-state index contributed by atoms with van der Waals surface area (Å²) in [5.41, 5.74) is 4.63. The number of benzene rings is 3. The summed E-state index contributed by atoms with van der Waals surface area (Å²) < 4.78 is 6.65. The van der Waals surface area contributed by atoms with Gasteiger partial charge in [-0.25, -0.2) is 9.97 Å². The van der Waals surface area contributed by atoms with Gasteiger partial charge in [-0.05, 0) is 60.7 Å². The molecule has 5 nitrogen and oxygen atoms in total. The number of fused-ring (bicyclic) bond motifs is 2. The lowest BCUT2D eigenvalue weighted by molar-refractivity contribution is 0.102. The van der Waals surface area contributed by atoms with Crippen LogP contribution in [0.2, 0.25) is 0 Å². The number of anilines is 1. The van der Waals surface area contributed by atoms with E-state index in [9.17, 15) is 4.79 Å². The molecular weight excluding hydrogens is 430 g/mol. The molecule has 0 aliphatic heterocycles. The van der Waals surface area contributed by atoms with Gasteiger partial charge in [0.05, 0.1) is 27.6 Å². The molecule has 1 amide bonds. The highest BCUT2D eigenvalue weighted by Crippen LogP contribution is 2.31. The average molecular weight is 448 g/mol. The number of pyridine rings is 1. The Kier molecular flexibility index (Phi) is 4.70. The summed E-state index contributed by atoms with van der Waals surface area (Å²) in [5.74, 6) is 0.420. The third-order valence-corrected chi connectivity index (χ3v) is 6.50. The first-order valence-corrected chi connectivity index (χ1v) is 11.3. The van der Waals surface area contributed by atoms with Crippen molar-refractivity contribution in [3.05, 3.63) is 103 Å². The van der Waals surface area contributed by atoms with Gasteiger partial charge in [-0.1, -0.05) is 30.3 Å². The molecular formula is C27H17N3O2S. The number of hydrogen-bond acceptors (Lipinski definition) is 5. The number of amides is 1. The summed E-state index contributed by atoms with van der Waals surface area (Å²) >= 11 is 1.65. The molecule has 6 heteroatoms. The second-order valence-electron chi connectivity index (χ2n) is 7.57. The third kappa shape index (κ3) is 3.66. The minimum Gasteiger partial charge on any atom is -0.463 e. The molecule has 3 aromatic carbocycles. The van der Waals surface area contributed by atoms with Gasteiger partial charge < -0.3 is 9.73 Å². The van der Waals surface area contributed by atoms with Gasteiger partial charge in [-0.3, -0.25) is 4.79 Å². The predicted octanol–water partition coefficient (Wildman–Crippen LogP) is 7.02. The predicted molar refractivity (Wildman–Crippen MR) is 132 cm³/mol. The molecule has 0 atom stereocenters. The zero-order valence-electron chi connectivity index (χ0n) is 17.4. The molecule has 0 radical (unpaired) electrons. The SMILES string of the molecule is O=C(Nc1ccc(-c2nc3ccccc3s2)cc1)c1cc(-c2ccco2)nc2ccccc12. The van der Waals surface area contributed by atoms with Gasteiger partial charge in [-0.2, -0.15) is 0 Å². The number of aromatic nitrogens is 2. The Morgan fingerprint density at radius 3 is 2.39 bits per heavy atom. The Hall–Kier alpha value is -4.29. The fourth-order valence-corrected chi connectivity index (χ4v) is 4.78. The van der Waals surface area contributed by atoms with E-state index in [1.165, 1.54) is 0 Å². The van der Waals surface area contributed by atoms with Crippen LogP contribution in [0.25, 0.3) is 43.1 Å². The number of carbonyl (C=O) groups excluding carboxylic acids is 1. The minimum atomic E-state index is -0.200. The summed E-state index contributed by atoms with van der Waals surface area (Å²) in [5, 5.41) is 4.76. The fourth-order valence-electron chi connectivity index (χ4n) is 3.80. The lowest BCUT2D eigenvalue weighted by Crippen LogP contribution is -2.13. The van der Waals surface area contributed by atoms with Crippen molar-refractivity contribution in [2.45, 2.75) is 0 Å². The molecule has 0 bridgehead atoms. The Balaban J connectivity index is 1.31.